The van der Waals surface area contributed by atoms with E-state index in [1.165, 1.54) is 26.1 Å². The van der Waals surface area contributed by atoms with Gasteiger partial charge in [-0.15, -0.1) is 0 Å². The zero-order chi connectivity index (χ0) is 16.9. The fourth-order valence-corrected chi connectivity index (χ4v) is 1.78. The van der Waals surface area contributed by atoms with Gasteiger partial charge in [-0.3, -0.25) is 9.79 Å². The van der Waals surface area contributed by atoms with Crippen LogP contribution in [0.5, 0.6) is 5.75 Å². The number of aromatic hydroxyl groups is 1. The van der Waals surface area contributed by atoms with E-state index in [9.17, 15) is 23.1 Å². The number of rotatable bonds is 5. The maximum absolute atomic E-state index is 12.8. The Labute approximate surface area is 127 Å². The normalized spacial score (nSPS) is 15.3. The van der Waals surface area contributed by atoms with Gasteiger partial charge in [0.2, 0.25) is 5.91 Å². The molecule has 0 fully saturated rings. The fourth-order valence-electron chi connectivity index (χ4n) is 1.78. The molecule has 0 aliphatic carbocycles. The number of halogens is 3. The summed E-state index contributed by atoms with van der Waals surface area (Å²) >= 11 is 0. The average molecular weight is 316 g/mol. The second-order valence-electron chi connectivity index (χ2n) is 5.05. The van der Waals surface area contributed by atoms with E-state index in [-0.39, 0.29) is 23.8 Å². The molecule has 2 atom stereocenters. The Morgan fingerprint density at radius 3 is 2.50 bits per heavy atom. The molecule has 1 aromatic rings. The predicted molar refractivity (Wildman–Crippen MR) is 78.0 cm³/mol. The topological polar surface area (TPSA) is 61.7 Å². The van der Waals surface area contributed by atoms with Gasteiger partial charge in [0.1, 0.15) is 5.75 Å². The van der Waals surface area contributed by atoms with Crippen LogP contribution < -0.4 is 5.32 Å². The lowest BCUT2D eigenvalue weighted by Crippen LogP contribution is -2.30. The second-order valence-corrected chi connectivity index (χ2v) is 5.05. The van der Waals surface area contributed by atoms with Gasteiger partial charge in [0, 0.05) is 7.05 Å². The summed E-state index contributed by atoms with van der Waals surface area (Å²) in [6.45, 7) is 2.40. The van der Waals surface area contributed by atoms with E-state index in [2.05, 4.69) is 10.3 Å². The van der Waals surface area contributed by atoms with Crippen molar-refractivity contribution in [3.63, 3.8) is 0 Å². The quantitative estimate of drug-likeness (QED) is 0.821. The van der Waals surface area contributed by atoms with Gasteiger partial charge in [0.05, 0.1) is 24.1 Å². The third kappa shape index (κ3) is 5.05. The Kier molecular flexibility index (Phi) is 5.96. The van der Waals surface area contributed by atoms with Gasteiger partial charge in [-0.1, -0.05) is 19.1 Å². The summed E-state index contributed by atoms with van der Waals surface area (Å²) in [7, 11) is 1.43. The SMILES string of the molecule is CNC(=O)CC(=NC(C)[C@H](C)C(F)(F)F)c1cccc(O)c1. The minimum absolute atomic E-state index is 0.0429. The van der Waals surface area contributed by atoms with Gasteiger partial charge in [0.15, 0.2) is 0 Å². The Balaban J connectivity index is 3.14. The van der Waals surface area contributed by atoms with Crippen LogP contribution in [0.25, 0.3) is 0 Å². The van der Waals surface area contributed by atoms with E-state index in [4.69, 9.17) is 0 Å². The van der Waals surface area contributed by atoms with Gasteiger partial charge in [-0.2, -0.15) is 13.2 Å². The Hall–Kier alpha value is -2.05. The van der Waals surface area contributed by atoms with Crippen molar-refractivity contribution in [1.82, 2.24) is 5.32 Å². The van der Waals surface area contributed by atoms with E-state index >= 15 is 0 Å². The number of carbonyl (C=O) groups excluding carboxylic acids is 1. The summed E-state index contributed by atoms with van der Waals surface area (Å²) in [4.78, 5) is 15.6. The lowest BCUT2D eigenvalue weighted by molar-refractivity contribution is -0.173. The molecule has 122 valence electrons. The summed E-state index contributed by atoms with van der Waals surface area (Å²) in [5, 5.41) is 11.9. The minimum Gasteiger partial charge on any atom is -0.508 e. The molecule has 0 aliphatic rings. The number of nitrogens with one attached hydrogen (secondary N) is 1. The smallest absolute Gasteiger partial charge is 0.393 e. The molecular formula is C15H19F3N2O2. The number of alkyl halides is 3. The zero-order valence-electron chi connectivity index (χ0n) is 12.6. The number of nitrogens with zero attached hydrogens (tertiary/aromatic N) is 1. The summed E-state index contributed by atoms with van der Waals surface area (Å²) < 4.78 is 38.3. The highest BCUT2D eigenvalue weighted by atomic mass is 19.4. The highest BCUT2D eigenvalue weighted by Gasteiger charge is 2.39. The molecule has 1 unspecified atom stereocenters. The van der Waals surface area contributed by atoms with Gasteiger partial charge in [0.25, 0.3) is 0 Å². The first-order chi connectivity index (χ1) is 10.1. The molecule has 7 heteroatoms. The fraction of sp³-hybridized carbons (Fsp3) is 0.467. The third-order valence-corrected chi connectivity index (χ3v) is 3.39. The summed E-state index contributed by atoms with van der Waals surface area (Å²) in [6, 6.07) is 4.89. The van der Waals surface area contributed by atoms with Gasteiger partial charge in [-0.05, 0) is 24.6 Å². The molecule has 0 saturated heterocycles. The number of aliphatic imine (C=N–C) groups is 1. The number of hydrogen-bond donors (Lipinski definition) is 2. The van der Waals surface area contributed by atoms with Crippen LogP contribution in [0.1, 0.15) is 25.8 Å². The Morgan fingerprint density at radius 1 is 1.36 bits per heavy atom. The highest BCUT2D eigenvalue weighted by molar-refractivity contribution is 6.10. The first kappa shape index (κ1) is 18.0. The van der Waals surface area contributed by atoms with Crippen LogP contribution in [0, 0.1) is 5.92 Å². The molecule has 0 aromatic heterocycles. The molecule has 0 bridgehead atoms. The number of carbonyl (C=O) groups is 1. The molecule has 0 aliphatic heterocycles. The van der Waals surface area contributed by atoms with Crippen LogP contribution in [0.4, 0.5) is 13.2 Å². The predicted octanol–water partition coefficient (Wildman–Crippen LogP) is 2.90. The summed E-state index contributed by atoms with van der Waals surface area (Å²) in [5.41, 5.74) is 0.628. The largest absolute Gasteiger partial charge is 0.508 e. The number of phenolic OH excluding ortho intramolecular Hbond substituents is 1. The summed E-state index contributed by atoms with van der Waals surface area (Å²) in [5.74, 6) is -2.04. The third-order valence-electron chi connectivity index (χ3n) is 3.39. The molecule has 1 rings (SSSR count). The second kappa shape index (κ2) is 7.29. The molecule has 0 radical (unpaired) electrons. The maximum Gasteiger partial charge on any atom is 0.393 e. The first-order valence-corrected chi connectivity index (χ1v) is 6.78. The van der Waals surface area contributed by atoms with Gasteiger partial charge in [-0.25, -0.2) is 0 Å². The van der Waals surface area contributed by atoms with Crippen molar-refractivity contribution in [1.29, 1.82) is 0 Å². The molecule has 0 spiro atoms. The van der Waals surface area contributed by atoms with E-state index in [0.717, 1.165) is 6.92 Å². The van der Waals surface area contributed by atoms with E-state index in [0.29, 0.717) is 5.56 Å². The average Bonchev–Trinajstić information content (AvgIpc) is 2.44. The van der Waals surface area contributed by atoms with Crippen LogP contribution in [0.15, 0.2) is 29.3 Å². The highest BCUT2D eigenvalue weighted by Crippen LogP contribution is 2.30. The van der Waals surface area contributed by atoms with E-state index in [1.54, 1.807) is 12.1 Å². The lowest BCUT2D eigenvalue weighted by Gasteiger charge is -2.21. The van der Waals surface area contributed by atoms with Crippen LogP contribution >= 0.6 is 0 Å². The monoisotopic (exact) mass is 316 g/mol. The molecule has 22 heavy (non-hydrogen) atoms. The van der Waals surface area contributed by atoms with Crippen molar-refractivity contribution in [3.05, 3.63) is 29.8 Å². The Morgan fingerprint density at radius 2 is 2.00 bits per heavy atom. The number of benzene rings is 1. The molecule has 2 N–H and O–H groups in total. The lowest BCUT2D eigenvalue weighted by atomic mass is 10.0. The van der Waals surface area contributed by atoms with Crippen LogP contribution in [0.3, 0.4) is 0 Å². The van der Waals surface area contributed by atoms with Gasteiger partial charge < -0.3 is 10.4 Å². The first-order valence-electron chi connectivity index (χ1n) is 6.78. The van der Waals surface area contributed by atoms with Crippen molar-refractivity contribution < 1.29 is 23.1 Å². The van der Waals surface area contributed by atoms with Crippen LogP contribution in [0.2, 0.25) is 0 Å². The van der Waals surface area contributed by atoms with Crippen LogP contribution in [-0.2, 0) is 4.79 Å². The molecule has 1 aromatic carbocycles. The molecule has 4 nitrogen and oxygen atoms in total. The van der Waals surface area contributed by atoms with Crippen molar-refractivity contribution in [2.45, 2.75) is 32.5 Å². The molecule has 0 heterocycles. The molecule has 0 saturated carbocycles. The minimum atomic E-state index is -4.36. The van der Waals surface area contributed by atoms with Crippen molar-refractivity contribution >= 4 is 11.6 Å². The number of amides is 1. The van der Waals surface area contributed by atoms with Crippen LogP contribution in [-0.4, -0.2) is 36.0 Å². The van der Waals surface area contributed by atoms with Crippen molar-refractivity contribution in [2.24, 2.45) is 10.9 Å². The standard InChI is InChI=1S/C15H19F3N2O2/c1-9(15(16,17)18)10(2)20-13(8-14(22)19-3)11-5-4-6-12(21)7-11/h4-7,9-10,21H,8H2,1-3H3,(H,19,22)/t9-,10?/m0/s1. The molecule has 1 amide bonds. The van der Waals surface area contributed by atoms with E-state index in [1.807, 2.05) is 0 Å². The number of phenols is 1. The Bertz CT molecular complexity index is 556. The van der Waals surface area contributed by atoms with E-state index < -0.39 is 18.1 Å². The van der Waals surface area contributed by atoms with Crippen molar-refractivity contribution in [2.75, 3.05) is 7.05 Å². The van der Waals surface area contributed by atoms with Crippen molar-refractivity contribution in [3.8, 4) is 5.75 Å². The maximum atomic E-state index is 12.8. The number of hydrogen-bond acceptors (Lipinski definition) is 3. The summed E-state index contributed by atoms with van der Waals surface area (Å²) in [6.07, 6.45) is -4.52. The zero-order valence-corrected chi connectivity index (χ0v) is 12.6. The molecular weight excluding hydrogens is 297 g/mol. The van der Waals surface area contributed by atoms with Gasteiger partial charge >= 0.3 is 6.18 Å².